The second kappa shape index (κ2) is 9.37. The van der Waals surface area contributed by atoms with Gasteiger partial charge in [0.25, 0.3) is 0 Å². The largest absolute Gasteiger partial charge is 0.488 e. The van der Waals surface area contributed by atoms with Crippen LogP contribution in [0.4, 0.5) is 0 Å². The maximum atomic E-state index is 11.6. The van der Waals surface area contributed by atoms with E-state index < -0.39 is 12.0 Å². The summed E-state index contributed by atoms with van der Waals surface area (Å²) in [5.74, 6) is -0.194. The highest BCUT2D eigenvalue weighted by molar-refractivity contribution is 7.80. The van der Waals surface area contributed by atoms with E-state index in [-0.39, 0.29) is 5.60 Å². The molecule has 0 amide bonds. The number of thiocarbonyl (C=S) groups is 1. The Labute approximate surface area is 165 Å². The van der Waals surface area contributed by atoms with Crippen LogP contribution in [0.25, 0.3) is 0 Å². The van der Waals surface area contributed by atoms with Crippen molar-refractivity contribution in [2.24, 2.45) is 0 Å². The Morgan fingerprint density at radius 3 is 2.26 bits per heavy atom. The Morgan fingerprint density at radius 2 is 1.70 bits per heavy atom. The molecule has 2 aromatic carbocycles. The molecular formula is C21H26N2O3S. The van der Waals surface area contributed by atoms with Crippen LogP contribution in [0, 0.1) is 0 Å². The number of carboxylic acids is 1. The summed E-state index contributed by atoms with van der Waals surface area (Å²) in [6.07, 6.45) is 0.318. The van der Waals surface area contributed by atoms with E-state index in [2.05, 4.69) is 10.6 Å². The minimum absolute atomic E-state index is 0.275. The molecule has 6 heteroatoms. The summed E-state index contributed by atoms with van der Waals surface area (Å²) >= 11 is 5.24. The molecule has 2 rings (SSSR count). The first-order chi connectivity index (χ1) is 12.7. The summed E-state index contributed by atoms with van der Waals surface area (Å²) in [7, 11) is 0. The third-order valence-corrected chi connectivity index (χ3v) is 3.95. The van der Waals surface area contributed by atoms with Gasteiger partial charge in [-0.1, -0.05) is 42.5 Å². The first-order valence-corrected chi connectivity index (χ1v) is 9.23. The van der Waals surface area contributed by atoms with Crippen molar-refractivity contribution in [2.75, 3.05) is 0 Å². The number of hydrogen-bond donors (Lipinski definition) is 3. The van der Waals surface area contributed by atoms with Gasteiger partial charge in [-0.15, -0.1) is 0 Å². The second-order valence-corrected chi connectivity index (χ2v) is 7.67. The number of carboxylic acid groups (broad SMARTS) is 1. The molecule has 0 fully saturated rings. The lowest BCUT2D eigenvalue weighted by atomic mass is 10.1. The molecule has 0 spiro atoms. The van der Waals surface area contributed by atoms with Gasteiger partial charge in [0.1, 0.15) is 17.4 Å². The zero-order valence-corrected chi connectivity index (χ0v) is 16.7. The summed E-state index contributed by atoms with van der Waals surface area (Å²) in [5.41, 5.74) is 1.69. The molecule has 5 nitrogen and oxygen atoms in total. The highest BCUT2D eigenvalue weighted by atomic mass is 32.1. The Balaban J connectivity index is 1.91. The van der Waals surface area contributed by atoms with Gasteiger partial charge in [0, 0.05) is 13.0 Å². The van der Waals surface area contributed by atoms with Crippen LogP contribution >= 0.6 is 12.2 Å². The van der Waals surface area contributed by atoms with Crippen LogP contribution in [0.15, 0.2) is 54.6 Å². The Hall–Kier alpha value is -2.60. The van der Waals surface area contributed by atoms with Crippen molar-refractivity contribution in [2.45, 2.75) is 45.4 Å². The van der Waals surface area contributed by atoms with E-state index in [4.69, 9.17) is 17.0 Å². The molecular weight excluding hydrogens is 360 g/mol. The third-order valence-electron chi connectivity index (χ3n) is 3.69. The maximum absolute atomic E-state index is 11.6. The third kappa shape index (κ3) is 7.66. The molecule has 144 valence electrons. The average molecular weight is 387 g/mol. The number of hydrogen-bond acceptors (Lipinski definition) is 3. The molecule has 0 aliphatic carbocycles. The predicted octanol–water partition coefficient (Wildman–Crippen LogP) is 3.52. The van der Waals surface area contributed by atoms with Gasteiger partial charge in [-0.2, -0.15) is 0 Å². The van der Waals surface area contributed by atoms with Crippen LogP contribution in [0.1, 0.15) is 31.9 Å². The van der Waals surface area contributed by atoms with Crippen molar-refractivity contribution in [3.63, 3.8) is 0 Å². The smallest absolute Gasteiger partial charge is 0.326 e. The van der Waals surface area contributed by atoms with Gasteiger partial charge in [-0.25, -0.2) is 4.79 Å². The summed E-state index contributed by atoms with van der Waals surface area (Å²) < 4.78 is 5.78. The van der Waals surface area contributed by atoms with Crippen LogP contribution in [-0.4, -0.2) is 27.8 Å². The van der Waals surface area contributed by atoms with E-state index in [1.54, 1.807) is 0 Å². The fourth-order valence-electron chi connectivity index (χ4n) is 2.47. The minimum atomic E-state index is -0.950. The lowest BCUT2D eigenvalue weighted by Crippen LogP contribution is -2.46. The Morgan fingerprint density at radius 1 is 1.07 bits per heavy atom. The minimum Gasteiger partial charge on any atom is -0.488 e. The lowest BCUT2D eigenvalue weighted by Gasteiger charge is -2.21. The van der Waals surface area contributed by atoms with E-state index >= 15 is 0 Å². The first kappa shape index (κ1) is 20.7. The normalized spacial score (nSPS) is 12.1. The van der Waals surface area contributed by atoms with Crippen LogP contribution in [-0.2, 0) is 17.8 Å². The van der Waals surface area contributed by atoms with Crippen LogP contribution < -0.4 is 15.4 Å². The van der Waals surface area contributed by atoms with Gasteiger partial charge in [-0.05, 0) is 56.2 Å². The number of benzene rings is 2. The summed E-state index contributed by atoms with van der Waals surface area (Å²) in [4.78, 5) is 11.6. The molecule has 0 bridgehead atoms. The molecule has 2 aromatic rings. The Bertz CT molecular complexity index is 755. The topological polar surface area (TPSA) is 70.6 Å². The highest BCUT2D eigenvalue weighted by Gasteiger charge is 2.19. The molecule has 0 radical (unpaired) electrons. The van der Waals surface area contributed by atoms with E-state index in [1.165, 1.54) is 0 Å². The monoisotopic (exact) mass is 386 g/mol. The summed E-state index contributed by atoms with van der Waals surface area (Å²) in [6, 6.07) is 16.4. The summed E-state index contributed by atoms with van der Waals surface area (Å²) in [6.45, 7) is 6.48. The molecule has 0 saturated carbocycles. The number of carbonyl (C=O) groups is 1. The van der Waals surface area contributed by atoms with Crippen molar-refractivity contribution in [1.29, 1.82) is 0 Å². The molecule has 0 unspecified atom stereocenters. The second-order valence-electron chi connectivity index (χ2n) is 7.27. The van der Waals surface area contributed by atoms with Gasteiger partial charge in [0.2, 0.25) is 0 Å². The maximum Gasteiger partial charge on any atom is 0.326 e. The van der Waals surface area contributed by atoms with Gasteiger partial charge in [0.05, 0.1) is 0 Å². The molecule has 3 N–H and O–H groups in total. The number of ether oxygens (including phenoxy) is 1. The molecule has 0 aliphatic rings. The van der Waals surface area contributed by atoms with E-state index in [9.17, 15) is 9.90 Å². The number of nitrogens with one attached hydrogen (secondary N) is 2. The van der Waals surface area contributed by atoms with Crippen molar-refractivity contribution < 1.29 is 14.6 Å². The van der Waals surface area contributed by atoms with E-state index in [0.717, 1.165) is 16.9 Å². The van der Waals surface area contributed by atoms with Gasteiger partial charge in [0.15, 0.2) is 5.11 Å². The molecule has 0 heterocycles. The van der Waals surface area contributed by atoms with E-state index in [0.29, 0.717) is 18.1 Å². The van der Waals surface area contributed by atoms with Gasteiger partial charge >= 0.3 is 5.97 Å². The number of rotatable bonds is 7. The van der Waals surface area contributed by atoms with Crippen molar-refractivity contribution in [3.8, 4) is 5.75 Å². The standard InChI is InChI=1S/C21H26N2O3S/c1-21(2,3)26-17-11-9-15(10-12-17)13-18(19(24)25)23-20(27)22-14-16-7-5-4-6-8-16/h4-12,18H,13-14H2,1-3H3,(H,24,25)(H2,22,23,27)/t18-/m0/s1. The summed E-state index contributed by atoms with van der Waals surface area (Å²) in [5, 5.41) is 15.7. The van der Waals surface area contributed by atoms with Crippen LogP contribution in [0.2, 0.25) is 0 Å². The van der Waals surface area contributed by atoms with Gasteiger partial charge < -0.3 is 20.5 Å². The SMILES string of the molecule is CC(C)(C)Oc1ccc(C[C@H](NC(=S)NCc2ccccc2)C(=O)O)cc1. The fourth-order valence-corrected chi connectivity index (χ4v) is 2.68. The lowest BCUT2D eigenvalue weighted by molar-refractivity contribution is -0.139. The molecule has 0 aromatic heterocycles. The van der Waals surface area contributed by atoms with Gasteiger partial charge in [-0.3, -0.25) is 0 Å². The quantitative estimate of drug-likeness (QED) is 0.633. The zero-order valence-electron chi connectivity index (χ0n) is 15.9. The molecule has 27 heavy (non-hydrogen) atoms. The Kier molecular flexibility index (Phi) is 7.19. The first-order valence-electron chi connectivity index (χ1n) is 8.82. The van der Waals surface area contributed by atoms with Crippen molar-refractivity contribution in [3.05, 3.63) is 65.7 Å². The zero-order chi connectivity index (χ0) is 19.9. The molecule has 0 aliphatic heterocycles. The van der Waals surface area contributed by atoms with Crippen molar-refractivity contribution >= 4 is 23.3 Å². The average Bonchev–Trinajstić information content (AvgIpc) is 2.60. The highest BCUT2D eigenvalue weighted by Crippen LogP contribution is 2.19. The fraction of sp³-hybridized carbons (Fsp3) is 0.333. The van der Waals surface area contributed by atoms with Crippen LogP contribution in [0.5, 0.6) is 5.75 Å². The molecule has 0 saturated heterocycles. The van der Waals surface area contributed by atoms with Crippen LogP contribution in [0.3, 0.4) is 0 Å². The predicted molar refractivity (Wildman–Crippen MR) is 111 cm³/mol. The van der Waals surface area contributed by atoms with E-state index in [1.807, 2.05) is 75.4 Å². The number of aliphatic carboxylic acids is 1. The molecule has 1 atom stereocenters. The van der Waals surface area contributed by atoms with Crippen molar-refractivity contribution in [1.82, 2.24) is 10.6 Å².